The van der Waals surface area contributed by atoms with Gasteiger partial charge in [0.1, 0.15) is 0 Å². The fourth-order valence-corrected chi connectivity index (χ4v) is 1.60. The molecule has 5 heteroatoms. The fraction of sp³-hybridized carbons (Fsp3) is 0.600. The quantitative estimate of drug-likeness (QED) is 0.781. The van der Waals surface area contributed by atoms with E-state index in [4.69, 9.17) is 11.6 Å². The lowest BCUT2D eigenvalue weighted by Gasteiger charge is -2.26. The Labute approximate surface area is 104 Å². The summed E-state index contributed by atoms with van der Waals surface area (Å²) in [6.45, 7) is 5.14. The lowest BCUT2D eigenvalue weighted by atomic mass is 10.3. The van der Waals surface area contributed by atoms with Crippen molar-refractivity contribution in [2.24, 2.45) is 0 Å². The summed E-state index contributed by atoms with van der Waals surface area (Å²) in [5, 5.41) is 0. The Morgan fingerprint density at radius 2 is 2.00 bits per heavy atom. The minimum atomic E-state index is 0.384. The van der Waals surface area contributed by atoms with E-state index in [1.807, 2.05) is 0 Å². The molecule has 1 heterocycles. The van der Waals surface area contributed by atoms with Gasteiger partial charge in [-0.15, -0.1) is 11.6 Å². The van der Waals surface area contributed by atoms with Gasteiger partial charge in [0.15, 0.2) is 0 Å². The first-order chi connectivity index (χ1) is 7.15. The molecule has 0 amide bonds. The molecule has 1 aromatic rings. The third-order valence-electron chi connectivity index (χ3n) is 2.02. The van der Waals surface area contributed by atoms with Gasteiger partial charge in [0.25, 0.3) is 0 Å². The third kappa shape index (κ3) is 3.95. The monoisotopic (exact) mass is 291 g/mol. The van der Waals surface area contributed by atoms with Crippen LogP contribution in [0.15, 0.2) is 16.9 Å². The van der Waals surface area contributed by atoms with Crippen molar-refractivity contribution in [2.45, 2.75) is 26.3 Å². The van der Waals surface area contributed by atoms with E-state index in [9.17, 15) is 0 Å². The highest BCUT2D eigenvalue weighted by molar-refractivity contribution is 9.10. The molecule has 0 saturated heterocycles. The smallest absolute Gasteiger partial charge is 0.225 e. The minimum Gasteiger partial charge on any atom is -0.338 e. The Morgan fingerprint density at radius 3 is 2.47 bits per heavy atom. The van der Waals surface area contributed by atoms with E-state index < -0.39 is 0 Å². The van der Waals surface area contributed by atoms with Crippen molar-refractivity contribution >= 4 is 33.5 Å². The Morgan fingerprint density at radius 1 is 1.40 bits per heavy atom. The highest BCUT2D eigenvalue weighted by Crippen LogP contribution is 2.14. The standard InChI is InChI=1S/C10H15BrClN3/c1-8(2)15(5-3-4-12)10-13-6-9(11)7-14-10/h6-8H,3-5H2,1-2H3. The number of halogens is 2. The van der Waals surface area contributed by atoms with Crippen LogP contribution in [0.3, 0.4) is 0 Å². The maximum atomic E-state index is 5.69. The molecule has 84 valence electrons. The third-order valence-corrected chi connectivity index (χ3v) is 2.70. The predicted octanol–water partition coefficient (Wildman–Crippen LogP) is 3.08. The Kier molecular flexibility index (Phi) is 5.32. The predicted molar refractivity (Wildman–Crippen MR) is 67.6 cm³/mol. The molecule has 0 N–H and O–H groups in total. The maximum absolute atomic E-state index is 5.69. The van der Waals surface area contributed by atoms with Crippen LogP contribution in [0.2, 0.25) is 0 Å². The van der Waals surface area contributed by atoms with Gasteiger partial charge in [0, 0.05) is 30.9 Å². The first-order valence-electron chi connectivity index (χ1n) is 4.95. The van der Waals surface area contributed by atoms with Crippen molar-refractivity contribution < 1.29 is 0 Å². The number of aromatic nitrogens is 2. The van der Waals surface area contributed by atoms with E-state index in [1.165, 1.54) is 0 Å². The van der Waals surface area contributed by atoms with Gasteiger partial charge in [-0.05, 0) is 36.2 Å². The first-order valence-corrected chi connectivity index (χ1v) is 6.28. The van der Waals surface area contributed by atoms with Crippen LogP contribution in [-0.2, 0) is 0 Å². The summed E-state index contributed by atoms with van der Waals surface area (Å²) >= 11 is 9.01. The zero-order valence-electron chi connectivity index (χ0n) is 8.95. The van der Waals surface area contributed by atoms with Gasteiger partial charge in [-0.25, -0.2) is 9.97 Å². The molecule has 0 radical (unpaired) electrons. The molecular weight excluding hydrogens is 277 g/mol. The molecule has 0 atom stereocenters. The van der Waals surface area contributed by atoms with Crippen molar-refractivity contribution in [3.05, 3.63) is 16.9 Å². The molecule has 0 aliphatic rings. The van der Waals surface area contributed by atoms with Crippen molar-refractivity contribution in [3.8, 4) is 0 Å². The number of hydrogen-bond donors (Lipinski definition) is 0. The summed E-state index contributed by atoms with van der Waals surface area (Å²) in [6.07, 6.45) is 4.47. The number of nitrogens with zero attached hydrogens (tertiary/aromatic N) is 3. The second-order valence-electron chi connectivity index (χ2n) is 3.53. The number of rotatable bonds is 5. The Bertz CT molecular complexity index is 289. The number of anilines is 1. The fourth-order valence-electron chi connectivity index (χ4n) is 1.27. The van der Waals surface area contributed by atoms with Crippen molar-refractivity contribution in [1.29, 1.82) is 0 Å². The van der Waals surface area contributed by atoms with Crippen LogP contribution in [0.25, 0.3) is 0 Å². The highest BCUT2D eigenvalue weighted by atomic mass is 79.9. The molecule has 1 aromatic heterocycles. The topological polar surface area (TPSA) is 29.0 Å². The maximum Gasteiger partial charge on any atom is 0.225 e. The average molecular weight is 293 g/mol. The van der Waals surface area contributed by atoms with Crippen LogP contribution >= 0.6 is 27.5 Å². The Hall–Kier alpha value is -0.350. The molecule has 15 heavy (non-hydrogen) atoms. The molecule has 0 aliphatic carbocycles. The van der Waals surface area contributed by atoms with E-state index >= 15 is 0 Å². The molecule has 0 unspecified atom stereocenters. The van der Waals surface area contributed by atoms with Gasteiger partial charge < -0.3 is 4.90 Å². The van der Waals surface area contributed by atoms with Crippen LogP contribution in [0, 0.1) is 0 Å². The summed E-state index contributed by atoms with van der Waals surface area (Å²) < 4.78 is 0.896. The van der Waals surface area contributed by atoms with Gasteiger partial charge in [-0.3, -0.25) is 0 Å². The van der Waals surface area contributed by atoms with Gasteiger partial charge in [-0.2, -0.15) is 0 Å². The van der Waals surface area contributed by atoms with Crippen LogP contribution < -0.4 is 4.90 Å². The number of hydrogen-bond acceptors (Lipinski definition) is 3. The van der Waals surface area contributed by atoms with Gasteiger partial charge in [0.05, 0.1) is 4.47 Å². The normalized spacial score (nSPS) is 10.7. The van der Waals surface area contributed by atoms with Gasteiger partial charge in [0.2, 0.25) is 5.95 Å². The van der Waals surface area contributed by atoms with Crippen LogP contribution in [0.5, 0.6) is 0 Å². The zero-order chi connectivity index (χ0) is 11.3. The lowest BCUT2D eigenvalue weighted by molar-refractivity contribution is 0.652. The van der Waals surface area contributed by atoms with E-state index in [2.05, 4.69) is 44.6 Å². The van der Waals surface area contributed by atoms with E-state index in [-0.39, 0.29) is 0 Å². The zero-order valence-corrected chi connectivity index (χ0v) is 11.3. The summed E-state index contributed by atoms with van der Waals surface area (Å²) in [7, 11) is 0. The SMILES string of the molecule is CC(C)N(CCCCl)c1ncc(Br)cn1. The van der Waals surface area contributed by atoms with Crippen LogP contribution in [0.1, 0.15) is 20.3 Å². The highest BCUT2D eigenvalue weighted by Gasteiger charge is 2.12. The molecule has 0 fully saturated rings. The second-order valence-corrected chi connectivity index (χ2v) is 4.82. The summed E-state index contributed by atoms with van der Waals surface area (Å²) in [5.74, 6) is 1.43. The first kappa shape index (κ1) is 12.7. The Balaban J connectivity index is 2.74. The molecule has 0 aromatic carbocycles. The molecular formula is C10H15BrClN3. The van der Waals surface area contributed by atoms with Crippen molar-refractivity contribution in [3.63, 3.8) is 0 Å². The summed E-state index contributed by atoms with van der Waals surface area (Å²) in [5.41, 5.74) is 0. The molecule has 0 saturated carbocycles. The molecule has 0 spiro atoms. The van der Waals surface area contributed by atoms with Crippen LogP contribution in [-0.4, -0.2) is 28.4 Å². The molecule has 0 bridgehead atoms. The van der Waals surface area contributed by atoms with Crippen molar-refractivity contribution in [1.82, 2.24) is 9.97 Å². The van der Waals surface area contributed by atoms with E-state index in [1.54, 1.807) is 12.4 Å². The molecule has 0 aliphatic heterocycles. The molecule has 1 rings (SSSR count). The minimum absolute atomic E-state index is 0.384. The van der Waals surface area contributed by atoms with E-state index in [0.717, 1.165) is 23.4 Å². The van der Waals surface area contributed by atoms with Crippen molar-refractivity contribution in [2.75, 3.05) is 17.3 Å². The van der Waals surface area contributed by atoms with Gasteiger partial charge >= 0.3 is 0 Å². The lowest BCUT2D eigenvalue weighted by Crippen LogP contribution is -2.33. The average Bonchev–Trinajstić information content (AvgIpc) is 2.21. The summed E-state index contributed by atoms with van der Waals surface area (Å²) in [4.78, 5) is 10.7. The molecule has 3 nitrogen and oxygen atoms in total. The summed E-state index contributed by atoms with van der Waals surface area (Å²) in [6, 6.07) is 0.384. The number of alkyl halides is 1. The van der Waals surface area contributed by atoms with E-state index in [0.29, 0.717) is 11.9 Å². The largest absolute Gasteiger partial charge is 0.338 e. The second kappa shape index (κ2) is 6.28. The van der Waals surface area contributed by atoms with Crippen LogP contribution in [0.4, 0.5) is 5.95 Å². The van der Waals surface area contributed by atoms with Gasteiger partial charge in [-0.1, -0.05) is 0 Å².